The Morgan fingerprint density at radius 3 is 2.16 bits per heavy atom. The first-order valence-electron chi connectivity index (χ1n) is 12.2. The SMILES string of the molecule is CCc1cnc(N(CCc2ccc(OC(C)(C)C(=O)O)c(F)c2)Cc2ccc(C(F)(F)CC)cc2)nc1. The number of hydrogen-bond donors (Lipinski definition) is 1. The fourth-order valence-corrected chi connectivity index (χ4v) is 3.59. The Labute approximate surface area is 215 Å². The molecule has 0 bridgehead atoms. The summed E-state index contributed by atoms with van der Waals surface area (Å²) in [5.74, 6) is -4.41. The molecule has 1 heterocycles. The summed E-state index contributed by atoms with van der Waals surface area (Å²) in [6, 6.07) is 10.6. The van der Waals surface area contributed by atoms with Gasteiger partial charge in [0.25, 0.3) is 5.92 Å². The van der Waals surface area contributed by atoms with Gasteiger partial charge in [-0.25, -0.2) is 27.9 Å². The maximum absolute atomic E-state index is 14.7. The molecule has 198 valence electrons. The van der Waals surface area contributed by atoms with Crippen molar-refractivity contribution in [3.05, 3.63) is 82.9 Å². The van der Waals surface area contributed by atoms with Crippen LogP contribution in [-0.2, 0) is 30.1 Å². The minimum Gasteiger partial charge on any atom is -0.478 e. The lowest BCUT2D eigenvalue weighted by molar-refractivity contribution is -0.152. The van der Waals surface area contributed by atoms with Crippen LogP contribution in [0.15, 0.2) is 54.9 Å². The Hall–Kier alpha value is -3.62. The number of rotatable bonds is 12. The van der Waals surface area contributed by atoms with Crippen LogP contribution in [0, 0.1) is 5.82 Å². The third-order valence-corrected chi connectivity index (χ3v) is 6.12. The molecule has 0 saturated heterocycles. The van der Waals surface area contributed by atoms with Crippen LogP contribution in [0.1, 0.15) is 56.4 Å². The van der Waals surface area contributed by atoms with Crippen molar-refractivity contribution in [3.63, 3.8) is 0 Å². The van der Waals surface area contributed by atoms with Crippen molar-refractivity contribution in [3.8, 4) is 5.75 Å². The van der Waals surface area contributed by atoms with Gasteiger partial charge in [0.05, 0.1) is 0 Å². The van der Waals surface area contributed by atoms with Crippen LogP contribution in [0.4, 0.5) is 19.1 Å². The standard InChI is InChI=1S/C28H32F3N3O3/c1-5-19-16-32-26(33-17-19)34(18-21-7-10-22(11-8-21)28(30,31)6-2)14-13-20-9-12-24(23(29)15-20)37-27(3,4)25(35)36/h7-12,15-17H,5-6,13-14,18H2,1-4H3,(H,35,36). The third kappa shape index (κ3) is 7.21. The van der Waals surface area contributed by atoms with Gasteiger partial charge >= 0.3 is 5.97 Å². The van der Waals surface area contributed by atoms with Gasteiger partial charge in [-0.2, -0.15) is 0 Å². The number of carboxylic acid groups (broad SMARTS) is 1. The maximum atomic E-state index is 14.7. The van der Waals surface area contributed by atoms with E-state index in [4.69, 9.17) is 4.74 Å². The van der Waals surface area contributed by atoms with Crippen molar-refractivity contribution in [2.45, 2.75) is 65.0 Å². The second kappa shape index (κ2) is 11.6. The molecule has 0 atom stereocenters. The van der Waals surface area contributed by atoms with Gasteiger partial charge in [0.1, 0.15) is 0 Å². The van der Waals surface area contributed by atoms with E-state index in [0.717, 1.165) is 17.5 Å². The number of benzene rings is 2. The van der Waals surface area contributed by atoms with Crippen LogP contribution in [0.2, 0.25) is 0 Å². The molecular weight excluding hydrogens is 483 g/mol. The molecule has 1 N–H and O–H groups in total. The molecule has 2 aromatic carbocycles. The van der Waals surface area contributed by atoms with E-state index in [1.54, 1.807) is 30.6 Å². The summed E-state index contributed by atoms with van der Waals surface area (Å²) in [4.78, 5) is 22.1. The molecule has 0 saturated carbocycles. The molecule has 0 spiro atoms. The number of halogens is 3. The summed E-state index contributed by atoms with van der Waals surface area (Å²) in [5.41, 5.74) is 0.864. The van der Waals surface area contributed by atoms with Crippen LogP contribution in [-0.4, -0.2) is 33.2 Å². The number of ether oxygens (including phenoxy) is 1. The first-order chi connectivity index (χ1) is 17.4. The average Bonchev–Trinajstić information content (AvgIpc) is 2.88. The molecule has 0 aliphatic heterocycles. The van der Waals surface area contributed by atoms with Crippen LogP contribution in [0.5, 0.6) is 5.75 Å². The van der Waals surface area contributed by atoms with Gasteiger partial charge in [0.2, 0.25) is 5.95 Å². The maximum Gasteiger partial charge on any atom is 0.347 e. The summed E-state index contributed by atoms with van der Waals surface area (Å²) >= 11 is 0. The van der Waals surface area contributed by atoms with E-state index in [0.29, 0.717) is 31.0 Å². The Morgan fingerprint density at radius 1 is 1.00 bits per heavy atom. The first-order valence-corrected chi connectivity index (χ1v) is 12.2. The fourth-order valence-electron chi connectivity index (χ4n) is 3.59. The zero-order valence-corrected chi connectivity index (χ0v) is 21.5. The Bertz CT molecular complexity index is 1200. The predicted octanol–water partition coefficient (Wildman–Crippen LogP) is 6.17. The molecule has 0 fully saturated rings. The van der Waals surface area contributed by atoms with E-state index in [1.807, 2.05) is 11.8 Å². The summed E-state index contributed by atoms with van der Waals surface area (Å²) in [6.07, 6.45) is 4.45. The second-order valence-electron chi connectivity index (χ2n) is 9.35. The lowest BCUT2D eigenvalue weighted by atomic mass is 10.0. The van der Waals surface area contributed by atoms with E-state index >= 15 is 0 Å². The monoisotopic (exact) mass is 515 g/mol. The van der Waals surface area contributed by atoms with E-state index in [2.05, 4.69) is 9.97 Å². The molecule has 0 amide bonds. The Morgan fingerprint density at radius 2 is 1.62 bits per heavy atom. The normalized spacial score (nSPS) is 11.9. The van der Waals surface area contributed by atoms with Gasteiger partial charge in [0, 0.05) is 37.5 Å². The third-order valence-electron chi connectivity index (χ3n) is 6.12. The van der Waals surface area contributed by atoms with E-state index < -0.39 is 23.3 Å². The van der Waals surface area contributed by atoms with Gasteiger partial charge in [-0.05, 0) is 55.5 Å². The minimum absolute atomic E-state index is 0.0299. The zero-order chi connectivity index (χ0) is 27.2. The van der Waals surface area contributed by atoms with Crippen molar-refractivity contribution in [1.29, 1.82) is 0 Å². The van der Waals surface area contributed by atoms with Crippen molar-refractivity contribution < 1.29 is 27.8 Å². The van der Waals surface area contributed by atoms with Gasteiger partial charge in [-0.3, -0.25) is 0 Å². The Balaban J connectivity index is 1.78. The van der Waals surface area contributed by atoms with E-state index in [1.165, 1.54) is 45.0 Å². The number of carbonyl (C=O) groups is 1. The lowest BCUT2D eigenvalue weighted by Crippen LogP contribution is -2.38. The molecule has 6 nitrogen and oxygen atoms in total. The highest BCUT2D eigenvalue weighted by molar-refractivity contribution is 5.76. The lowest BCUT2D eigenvalue weighted by Gasteiger charge is -2.24. The second-order valence-corrected chi connectivity index (χ2v) is 9.35. The van der Waals surface area contributed by atoms with Crippen LogP contribution in [0.25, 0.3) is 0 Å². The van der Waals surface area contributed by atoms with E-state index in [-0.39, 0.29) is 17.7 Å². The molecule has 1 aromatic heterocycles. The molecule has 3 aromatic rings. The van der Waals surface area contributed by atoms with Crippen molar-refractivity contribution >= 4 is 11.9 Å². The van der Waals surface area contributed by atoms with Gasteiger partial charge in [-0.15, -0.1) is 0 Å². The van der Waals surface area contributed by atoms with E-state index in [9.17, 15) is 23.1 Å². The smallest absolute Gasteiger partial charge is 0.347 e. The highest BCUT2D eigenvalue weighted by atomic mass is 19.3. The average molecular weight is 516 g/mol. The number of alkyl halides is 2. The van der Waals surface area contributed by atoms with Gasteiger partial charge < -0.3 is 14.7 Å². The molecule has 0 radical (unpaired) electrons. The molecule has 0 aliphatic carbocycles. The Kier molecular flexibility index (Phi) is 8.78. The van der Waals surface area contributed by atoms with Crippen molar-refractivity contribution in [2.75, 3.05) is 11.4 Å². The topological polar surface area (TPSA) is 75.6 Å². The van der Waals surface area contributed by atoms with Gasteiger partial charge in [-0.1, -0.05) is 44.2 Å². The molecule has 37 heavy (non-hydrogen) atoms. The largest absolute Gasteiger partial charge is 0.478 e. The number of hydrogen-bond acceptors (Lipinski definition) is 5. The fraction of sp³-hybridized carbons (Fsp3) is 0.393. The number of carboxylic acids is 1. The molecule has 0 unspecified atom stereocenters. The zero-order valence-electron chi connectivity index (χ0n) is 21.5. The summed E-state index contributed by atoms with van der Waals surface area (Å²) < 4.78 is 48.0. The number of nitrogens with zero attached hydrogens (tertiary/aromatic N) is 3. The van der Waals surface area contributed by atoms with Crippen LogP contribution >= 0.6 is 0 Å². The van der Waals surface area contributed by atoms with Crippen LogP contribution in [0.3, 0.4) is 0 Å². The van der Waals surface area contributed by atoms with Gasteiger partial charge in [0.15, 0.2) is 17.2 Å². The molecule has 9 heteroatoms. The summed E-state index contributed by atoms with van der Waals surface area (Å²) in [5, 5.41) is 9.22. The number of anilines is 1. The summed E-state index contributed by atoms with van der Waals surface area (Å²) in [6.45, 7) is 6.95. The first kappa shape index (κ1) is 28.0. The highest BCUT2D eigenvalue weighted by Crippen LogP contribution is 2.31. The van der Waals surface area contributed by atoms with Crippen LogP contribution < -0.4 is 9.64 Å². The molecular formula is C28H32F3N3O3. The van der Waals surface area contributed by atoms with Crippen molar-refractivity contribution in [1.82, 2.24) is 9.97 Å². The molecule has 3 rings (SSSR count). The number of aryl methyl sites for hydroxylation is 1. The number of aromatic nitrogens is 2. The quantitative estimate of drug-likeness (QED) is 0.311. The number of aliphatic carboxylic acids is 1. The predicted molar refractivity (Wildman–Crippen MR) is 136 cm³/mol. The minimum atomic E-state index is -2.88. The van der Waals surface area contributed by atoms with Crippen molar-refractivity contribution in [2.24, 2.45) is 0 Å². The summed E-state index contributed by atoms with van der Waals surface area (Å²) in [7, 11) is 0. The molecule has 0 aliphatic rings. The highest BCUT2D eigenvalue weighted by Gasteiger charge is 2.30.